The van der Waals surface area contributed by atoms with Crippen LogP contribution in [0.2, 0.25) is 0 Å². The number of nitrogens with zero attached hydrogens (tertiary/aromatic N) is 3. The van der Waals surface area contributed by atoms with E-state index in [0.717, 1.165) is 25.0 Å². The van der Waals surface area contributed by atoms with E-state index in [0.29, 0.717) is 11.7 Å². The van der Waals surface area contributed by atoms with Crippen LogP contribution < -0.4 is 5.69 Å². The Morgan fingerprint density at radius 3 is 2.92 bits per heavy atom. The molecule has 7 nitrogen and oxygen atoms in total. The van der Waals surface area contributed by atoms with Gasteiger partial charge in [0, 0.05) is 13.7 Å². The molecule has 0 radical (unpaired) electrons. The van der Waals surface area contributed by atoms with Gasteiger partial charge in [0.1, 0.15) is 0 Å². The highest BCUT2D eigenvalue weighted by molar-refractivity contribution is 7.99. The van der Waals surface area contributed by atoms with Gasteiger partial charge in [-0.05, 0) is 25.3 Å². The van der Waals surface area contributed by atoms with Crippen LogP contribution in [0.25, 0.3) is 0 Å². The Labute approximate surface area is 156 Å². The second kappa shape index (κ2) is 8.55. The molecule has 26 heavy (non-hydrogen) atoms. The molecule has 1 N–H and O–H groups in total. The van der Waals surface area contributed by atoms with Gasteiger partial charge in [0.2, 0.25) is 5.91 Å². The van der Waals surface area contributed by atoms with Crippen LogP contribution in [0.4, 0.5) is 0 Å². The molecule has 1 aliphatic rings. The van der Waals surface area contributed by atoms with E-state index in [4.69, 9.17) is 4.74 Å². The van der Waals surface area contributed by atoms with Gasteiger partial charge in [0.25, 0.3) is 0 Å². The molecular weight excluding hydrogens is 352 g/mol. The van der Waals surface area contributed by atoms with Crippen molar-refractivity contribution in [3.05, 3.63) is 46.4 Å². The van der Waals surface area contributed by atoms with Gasteiger partial charge in [-0.25, -0.2) is 9.89 Å². The molecule has 0 bridgehead atoms. The fourth-order valence-electron chi connectivity index (χ4n) is 2.97. The smallest absolute Gasteiger partial charge is 0.344 e. The molecule has 0 aliphatic carbocycles. The van der Waals surface area contributed by atoms with Crippen molar-refractivity contribution in [3.63, 3.8) is 0 Å². The van der Waals surface area contributed by atoms with Crippen LogP contribution in [0, 0.1) is 0 Å². The summed E-state index contributed by atoms with van der Waals surface area (Å²) < 4.78 is 7.16. The zero-order valence-electron chi connectivity index (χ0n) is 15.1. The van der Waals surface area contributed by atoms with Crippen LogP contribution in [0.3, 0.4) is 0 Å². The normalized spacial score (nSPS) is 18.0. The summed E-state index contributed by atoms with van der Waals surface area (Å²) in [7, 11) is 1.80. The number of aromatic amines is 1. The largest absolute Gasteiger partial charge is 0.376 e. The third kappa shape index (κ3) is 4.37. The maximum atomic E-state index is 12.5. The second-order valence-electron chi connectivity index (χ2n) is 6.44. The average Bonchev–Trinajstić information content (AvgIpc) is 3.30. The molecule has 0 spiro atoms. The minimum Gasteiger partial charge on any atom is -0.376 e. The molecule has 2 aromatic rings. The van der Waals surface area contributed by atoms with Crippen molar-refractivity contribution in [1.29, 1.82) is 0 Å². The van der Waals surface area contributed by atoms with Gasteiger partial charge in [-0.15, -0.1) is 5.10 Å². The fraction of sp³-hybridized carbons (Fsp3) is 0.500. The summed E-state index contributed by atoms with van der Waals surface area (Å²) >= 11 is 1.27. The van der Waals surface area contributed by atoms with E-state index < -0.39 is 0 Å². The number of ether oxygens (including phenoxy) is 1. The molecule has 1 saturated heterocycles. The van der Waals surface area contributed by atoms with E-state index >= 15 is 0 Å². The van der Waals surface area contributed by atoms with Gasteiger partial charge in [0.15, 0.2) is 5.16 Å². The molecule has 3 rings (SSSR count). The minimum atomic E-state index is -0.263. The quantitative estimate of drug-likeness (QED) is 0.748. The summed E-state index contributed by atoms with van der Waals surface area (Å²) in [6.45, 7) is 3.21. The maximum Gasteiger partial charge on any atom is 0.344 e. The Kier molecular flexibility index (Phi) is 6.16. The van der Waals surface area contributed by atoms with E-state index in [1.165, 1.54) is 11.8 Å². The first kappa shape index (κ1) is 18.7. The summed E-state index contributed by atoms with van der Waals surface area (Å²) in [5.74, 6) is 0.217. The van der Waals surface area contributed by atoms with Crippen LogP contribution in [-0.4, -0.2) is 51.1 Å². The number of thioether (sulfide) groups is 1. The number of carbonyl (C=O) groups excluding carboxylic acids is 1. The molecule has 0 saturated carbocycles. The van der Waals surface area contributed by atoms with Crippen molar-refractivity contribution in [2.24, 2.45) is 0 Å². The number of benzene rings is 1. The molecule has 2 atom stereocenters. The number of hydrogen-bond acceptors (Lipinski definition) is 5. The lowest BCUT2D eigenvalue weighted by Crippen LogP contribution is -2.31. The third-order valence-corrected chi connectivity index (χ3v) is 5.68. The van der Waals surface area contributed by atoms with Crippen molar-refractivity contribution in [2.45, 2.75) is 43.6 Å². The summed E-state index contributed by atoms with van der Waals surface area (Å²) in [5, 5.41) is 7.05. The maximum absolute atomic E-state index is 12.5. The standard InChI is InChI=1S/C18H24N4O3S/c1-13(14-7-4-3-5-8-14)21(2)16(23)12-26-18-20-19-17(24)22(18)11-15-9-6-10-25-15/h3-5,7-8,13,15H,6,9-12H2,1-2H3,(H,19,24). The van der Waals surface area contributed by atoms with Crippen molar-refractivity contribution in [3.8, 4) is 0 Å². The van der Waals surface area contributed by atoms with Crippen molar-refractivity contribution >= 4 is 17.7 Å². The zero-order valence-corrected chi connectivity index (χ0v) is 15.9. The fourth-order valence-corrected chi connectivity index (χ4v) is 3.85. The van der Waals surface area contributed by atoms with Gasteiger partial charge in [0.05, 0.1) is 24.4 Å². The molecule has 1 amide bonds. The summed E-state index contributed by atoms with van der Waals surface area (Å²) in [6.07, 6.45) is 2.00. The predicted molar refractivity (Wildman–Crippen MR) is 100 cm³/mol. The van der Waals surface area contributed by atoms with Crippen LogP contribution in [0.15, 0.2) is 40.3 Å². The number of nitrogens with one attached hydrogen (secondary N) is 1. The Hall–Kier alpha value is -2.06. The number of carbonyl (C=O) groups is 1. The van der Waals surface area contributed by atoms with Gasteiger partial charge in [-0.2, -0.15) is 0 Å². The molecule has 1 aliphatic heterocycles. The highest BCUT2D eigenvalue weighted by atomic mass is 32.2. The number of aromatic nitrogens is 3. The average molecular weight is 376 g/mol. The minimum absolute atomic E-state index is 0.00883. The topological polar surface area (TPSA) is 80.2 Å². The Morgan fingerprint density at radius 2 is 2.23 bits per heavy atom. The van der Waals surface area contributed by atoms with Gasteiger partial charge >= 0.3 is 5.69 Å². The van der Waals surface area contributed by atoms with Gasteiger partial charge < -0.3 is 9.64 Å². The number of rotatable bonds is 7. The molecular formula is C18H24N4O3S. The lowest BCUT2D eigenvalue weighted by Gasteiger charge is -2.25. The summed E-state index contributed by atoms with van der Waals surface area (Å²) in [4.78, 5) is 26.2. The first-order chi connectivity index (χ1) is 12.6. The van der Waals surface area contributed by atoms with Crippen LogP contribution in [0.1, 0.15) is 31.4 Å². The molecule has 1 aromatic carbocycles. The molecule has 2 heterocycles. The van der Waals surface area contributed by atoms with Crippen molar-refractivity contribution in [2.75, 3.05) is 19.4 Å². The molecule has 8 heteroatoms. The van der Waals surface area contributed by atoms with Crippen LogP contribution >= 0.6 is 11.8 Å². The van der Waals surface area contributed by atoms with E-state index in [-0.39, 0.29) is 29.5 Å². The monoisotopic (exact) mass is 376 g/mol. The lowest BCUT2D eigenvalue weighted by atomic mass is 10.1. The number of amides is 1. The summed E-state index contributed by atoms with van der Waals surface area (Å²) in [5.41, 5.74) is 0.824. The van der Waals surface area contributed by atoms with E-state index in [2.05, 4.69) is 10.2 Å². The third-order valence-electron chi connectivity index (χ3n) is 4.71. The molecule has 1 fully saturated rings. The lowest BCUT2D eigenvalue weighted by molar-refractivity contribution is -0.128. The van der Waals surface area contributed by atoms with Crippen molar-refractivity contribution in [1.82, 2.24) is 19.7 Å². The van der Waals surface area contributed by atoms with Gasteiger partial charge in [-0.3, -0.25) is 9.36 Å². The van der Waals surface area contributed by atoms with E-state index in [1.54, 1.807) is 16.5 Å². The number of H-pyrrole nitrogens is 1. The highest BCUT2D eigenvalue weighted by Gasteiger charge is 2.22. The molecule has 1 aromatic heterocycles. The SMILES string of the molecule is CC(c1ccccc1)N(C)C(=O)CSc1n[nH]c(=O)n1CC1CCCO1. The van der Waals surface area contributed by atoms with Gasteiger partial charge in [-0.1, -0.05) is 42.1 Å². The Bertz CT molecular complexity index is 783. The molecule has 140 valence electrons. The predicted octanol–water partition coefficient (Wildman–Crippen LogP) is 2.06. The first-order valence-electron chi connectivity index (χ1n) is 8.76. The zero-order chi connectivity index (χ0) is 18.5. The number of hydrogen-bond donors (Lipinski definition) is 1. The summed E-state index contributed by atoms with van der Waals surface area (Å²) in [6, 6.07) is 9.89. The Morgan fingerprint density at radius 1 is 1.46 bits per heavy atom. The highest BCUT2D eigenvalue weighted by Crippen LogP contribution is 2.22. The van der Waals surface area contributed by atoms with E-state index in [1.807, 2.05) is 37.3 Å². The van der Waals surface area contributed by atoms with E-state index in [9.17, 15) is 9.59 Å². The van der Waals surface area contributed by atoms with Crippen LogP contribution in [0.5, 0.6) is 0 Å². The second-order valence-corrected chi connectivity index (χ2v) is 7.38. The van der Waals surface area contributed by atoms with Crippen molar-refractivity contribution < 1.29 is 9.53 Å². The molecule has 2 unspecified atom stereocenters. The Balaban J connectivity index is 1.60. The van der Waals surface area contributed by atoms with Crippen LogP contribution in [-0.2, 0) is 16.1 Å². The first-order valence-corrected chi connectivity index (χ1v) is 9.75.